The molecule has 0 amide bonds. The third kappa shape index (κ3) is 4.43. The predicted molar refractivity (Wildman–Crippen MR) is 72.5 cm³/mol. The van der Waals surface area contributed by atoms with E-state index in [1.807, 2.05) is 17.5 Å². The lowest BCUT2D eigenvalue weighted by molar-refractivity contribution is -0.274. The normalized spacial score (nSPS) is 11.4. The standard InChI is InChI=1S/C12H9BrF3NOS/c13-10-6-8(17-7-9-2-1-5-19-9)3-4-11(10)18-12(14,15)16/h1-6,17H,7H2. The Morgan fingerprint density at radius 3 is 2.63 bits per heavy atom. The number of benzene rings is 1. The molecular formula is C12H9BrF3NOS. The average Bonchev–Trinajstić information content (AvgIpc) is 2.81. The number of hydrogen-bond donors (Lipinski definition) is 1. The van der Waals surface area contributed by atoms with Crippen molar-refractivity contribution in [3.05, 3.63) is 45.1 Å². The first kappa shape index (κ1) is 14.2. The molecule has 102 valence electrons. The van der Waals surface area contributed by atoms with Crippen molar-refractivity contribution in [1.82, 2.24) is 0 Å². The quantitative estimate of drug-likeness (QED) is 0.834. The van der Waals surface area contributed by atoms with Crippen LogP contribution in [0, 0.1) is 0 Å². The van der Waals surface area contributed by atoms with E-state index in [2.05, 4.69) is 26.0 Å². The van der Waals surface area contributed by atoms with Crippen LogP contribution in [0.25, 0.3) is 0 Å². The molecule has 0 unspecified atom stereocenters. The summed E-state index contributed by atoms with van der Waals surface area (Å²) in [5, 5.41) is 5.09. The SMILES string of the molecule is FC(F)(F)Oc1ccc(NCc2cccs2)cc1Br. The topological polar surface area (TPSA) is 21.3 Å². The fourth-order valence-corrected chi connectivity index (χ4v) is 2.52. The Labute approximate surface area is 120 Å². The zero-order valence-electron chi connectivity index (χ0n) is 9.50. The van der Waals surface area contributed by atoms with Crippen molar-refractivity contribution >= 4 is 33.0 Å². The molecule has 0 atom stereocenters. The molecule has 2 aromatic rings. The van der Waals surface area contributed by atoms with Crippen molar-refractivity contribution < 1.29 is 17.9 Å². The van der Waals surface area contributed by atoms with Gasteiger partial charge in [-0.2, -0.15) is 0 Å². The van der Waals surface area contributed by atoms with Gasteiger partial charge in [-0.15, -0.1) is 24.5 Å². The van der Waals surface area contributed by atoms with E-state index in [0.717, 1.165) is 10.6 Å². The van der Waals surface area contributed by atoms with Crippen LogP contribution in [0.4, 0.5) is 18.9 Å². The van der Waals surface area contributed by atoms with Crippen LogP contribution in [0.2, 0.25) is 0 Å². The van der Waals surface area contributed by atoms with Crippen LogP contribution in [0.15, 0.2) is 40.2 Å². The molecule has 1 aromatic carbocycles. The number of halogens is 4. The van der Waals surface area contributed by atoms with Gasteiger partial charge in [0.2, 0.25) is 0 Å². The van der Waals surface area contributed by atoms with Crippen molar-refractivity contribution in [3.63, 3.8) is 0 Å². The maximum absolute atomic E-state index is 12.1. The minimum Gasteiger partial charge on any atom is -0.405 e. The lowest BCUT2D eigenvalue weighted by Gasteiger charge is -2.12. The number of thiophene rings is 1. The number of nitrogens with one attached hydrogen (secondary N) is 1. The van der Waals surface area contributed by atoms with Gasteiger partial charge >= 0.3 is 6.36 Å². The average molecular weight is 352 g/mol. The van der Waals surface area contributed by atoms with Crippen molar-refractivity contribution in [1.29, 1.82) is 0 Å². The van der Waals surface area contributed by atoms with Crippen LogP contribution in [0.3, 0.4) is 0 Å². The molecule has 0 spiro atoms. The number of anilines is 1. The van der Waals surface area contributed by atoms with Crippen molar-refractivity contribution in [3.8, 4) is 5.75 Å². The molecule has 1 N–H and O–H groups in total. The molecular weight excluding hydrogens is 343 g/mol. The molecule has 0 fully saturated rings. The van der Waals surface area contributed by atoms with Gasteiger partial charge in [0.15, 0.2) is 0 Å². The van der Waals surface area contributed by atoms with Crippen LogP contribution in [0.5, 0.6) is 5.75 Å². The fourth-order valence-electron chi connectivity index (χ4n) is 1.42. The van der Waals surface area contributed by atoms with Crippen LogP contribution in [-0.2, 0) is 6.54 Å². The molecule has 0 aliphatic heterocycles. The van der Waals surface area contributed by atoms with Gasteiger partial charge < -0.3 is 10.1 Å². The Morgan fingerprint density at radius 2 is 2.05 bits per heavy atom. The van der Waals surface area contributed by atoms with Gasteiger partial charge in [0, 0.05) is 17.1 Å². The van der Waals surface area contributed by atoms with E-state index in [0.29, 0.717) is 6.54 Å². The first-order valence-electron chi connectivity index (χ1n) is 5.25. The molecule has 7 heteroatoms. The highest BCUT2D eigenvalue weighted by atomic mass is 79.9. The zero-order chi connectivity index (χ0) is 13.9. The van der Waals surface area contributed by atoms with Gasteiger partial charge in [0.05, 0.1) is 4.47 Å². The minimum absolute atomic E-state index is 0.251. The summed E-state index contributed by atoms with van der Waals surface area (Å²) in [4.78, 5) is 1.15. The zero-order valence-corrected chi connectivity index (χ0v) is 11.9. The van der Waals surface area contributed by atoms with E-state index in [-0.39, 0.29) is 10.2 Å². The van der Waals surface area contributed by atoms with Crippen LogP contribution in [0.1, 0.15) is 4.88 Å². The third-order valence-electron chi connectivity index (χ3n) is 2.20. The second-order valence-electron chi connectivity index (χ2n) is 3.63. The van der Waals surface area contributed by atoms with Gasteiger partial charge in [-0.3, -0.25) is 0 Å². The fraction of sp³-hybridized carbons (Fsp3) is 0.167. The van der Waals surface area contributed by atoms with Crippen molar-refractivity contribution in [2.75, 3.05) is 5.32 Å². The predicted octanol–water partition coefficient (Wildman–Crippen LogP) is 5.02. The van der Waals surface area contributed by atoms with E-state index in [9.17, 15) is 13.2 Å². The Hall–Kier alpha value is -1.21. The van der Waals surface area contributed by atoms with Crippen LogP contribution >= 0.6 is 27.3 Å². The second-order valence-corrected chi connectivity index (χ2v) is 5.51. The molecule has 1 heterocycles. The van der Waals surface area contributed by atoms with Crippen molar-refractivity contribution in [2.24, 2.45) is 0 Å². The largest absolute Gasteiger partial charge is 0.573 e. The first-order valence-corrected chi connectivity index (χ1v) is 6.93. The van der Waals surface area contributed by atoms with E-state index in [1.165, 1.54) is 6.07 Å². The number of rotatable bonds is 4. The third-order valence-corrected chi connectivity index (χ3v) is 3.70. The van der Waals surface area contributed by atoms with Crippen molar-refractivity contribution in [2.45, 2.75) is 12.9 Å². The summed E-state index contributed by atoms with van der Waals surface area (Å²) in [6.07, 6.45) is -4.69. The van der Waals surface area contributed by atoms with E-state index in [1.54, 1.807) is 23.5 Å². The summed E-state index contributed by atoms with van der Waals surface area (Å²) in [5.74, 6) is -0.255. The Kier molecular flexibility index (Phi) is 4.36. The van der Waals surface area contributed by atoms with E-state index in [4.69, 9.17) is 0 Å². The lowest BCUT2D eigenvalue weighted by Crippen LogP contribution is -2.17. The summed E-state index contributed by atoms with van der Waals surface area (Å²) >= 11 is 4.67. The highest BCUT2D eigenvalue weighted by Crippen LogP contribution is 2.32. The molecule has 0 bridgehead atoms. The summed E-state index contributed by atoms with van der Waals surface area (Å²) in [6, 6.07) is 8.29. The molecule has 1 aromatic heterocycles. The molecule has 0 aliphatic carbocycles. The Morgan fingerprint density at radius 1 is 1.26 bits per heavy atom. The maximum Gasteiger partial charge on any atom is 0.573 e. The number of alkyl halides is 3. The van der Waals surface area contributed by atoms with Gasteiger partial charge in [0.1, 0.15) is 5.75 Å². The smallest absolute Gasteiger partial charge is 0.405 e. The molecule has 2 rings (SSSR count). The molecule has 2 nitrogen and oxygen atoms in total. The van der Waals surface area contributed by atoms with Gasteiger partial charge in [-0.25, -0.2) is 0 Å². The molecule has 0 aliphatic rings. The number of ether oxygens (including phenoxy) is 1. The van der Waals surface area contributed by atoms with E-state index >= 15 is 0 Å². The summed E-state index contributed by atoms with van der Waals surface area (Å²) < 4.78 is 40.4. The summed E-state index contributed by atoms with van der Waals surface area (Å²) in [7, 11) is 0. The molecule has 0 radical (unpaired) electrons. The van der Waals surface area contributed by atoms with E-state index < -0.39 is 6.36 Å². The first-order chi connectivity index (χ1) is 8.94. The minimum atomic E-state index is -4.69. The molecule has 0 saturated carbocycles. The highest BCUT2D eigenvalue weighted by molar-refractivity contribution is 9.10. The highest BCUT2D eigenvalue weighted by Gasteiger charge is 2.31. The monoisotopic (exact) mass is 351 g/mol. The number of hydrogen-bond acceptors (Lipinski definition) is 3. The van der Waals surface area contributed by atoms with Crippen LogP contribution < -0.4 is 10.1 Å². The second kappa shape index (κ2) is 5.83. The Balaban J connectivity index is 2.02. The van der Waals surface area contributed by atoms with Crippen LogP contribution in [-0.4, -0.2) is 6.36 Å². The van der Waals surface area contributed by atoms with Gasteiger partial charge in [0.25, 0.3) is 0 Å². The summed E-state index contributed by atoms with van der Waals surface area (Å²) in [5.41, 5.74) is 0.717. The maximum atomic E-state index is 12.1. The lowest BCUT2D eigenvalue weighted by atomic mass is 10.3. The van der Waals surface area contributed by atoms with Gasteiger partial charge in [-0.1, -0.05) is 6.07 Å². The Bertz CT molecular complexity index is 542. The van der Waals surface area contributed by atoms with Gasteiger partial charge in [-0.05, 0) is 45.6 Å². The summed E-state index contributed by atoms with van der Waals surface area (Å²) in [6.45, 7) is 0.629. The molecule has 19 heavy (non-hydrogen) atoms. The molecule has 0 saturated heterocycles.